The molecule has 0 bridgehead atoms. The van der Waals surface area contributed by atoms with Gasteiger partial charge in [-0.1, -0.05) is 12.1 Å². The first-order chi connectivity index (χ1) is 9.68. The van der Waals surface area contributed by atoms with Crippen LogP contribution in [0.4, 0.5) is 0 Å². The molecule has 1 aliphatic heterocycles. The molecule has 21 heavy (non-hydrogen) atoms. The molecule has 1 saturated heterocycles. The quantitative estimate of drug-likeness (QED) is 0.857. The molecule has 1 aromatic carbocycles. The Morgan fingerprint density at radius 3 is 2.10 bits per heavy atom. The minimum absolute atomic E-state index is 0.0635. The van der Waals surface area contributed by atoms with E-state index in [1.165, 1.54) is 16.4 Å². The summed E-state index contributed by atoms with van der Waals surface area (Å²) >= 11 is 0. The van der Waals surface area contributed by atoms with Crippen LogP contribution in [0, 0.1) is 0 Å². The fraction of sp³-hybridized carbons (Fsp3) is 0.538. The molecule has 2 rings (SSSR count). The van der Waals surface area contributed by atoms with Gasteiger partial charge >= 0.3 is 0 Å². The average molecular weight is 332 g/mol. The monoisotopic (exact) mass is 332 g/mol. The predicted molar refractivity (Wildman–Crippen MR) is 81.0 cm³/mol. The maximum Gasteiger partial charge on any atom is 0.243 e. The van der Waals surface area contributed by atoms with Gasteiger partial charge in [-0.25, -0.2) is 16.8 Å². The third kappa shape index (κ3) is 4.26. The molecular weight excluding hydrogens is 312 g/mol. The standard InChI is InChI=1S/C13H20N2O4S2/c1-20(16,17)10-11-2-4-13(5-3-11)21(18,19)15-8-6-12(14)7-9-15/h2-5,12H,6-10,14H2,1H3. The Morgan fingerprint density at radius 2 is 1.62 bits per heavy atom. The Bertz CT molecular complexity index is 688. The van der Waals surface area contributed by atoms with Gasteiger partial charge in [0, 0.05) is 25.4 Å². The highest BCUT2D eigenvalue weighted by atomic mass is 32.2. The number of hydrogen-bond acceptors (Lipinski definition) is 5. The van der Waals surface area contributed by atoms with Crippen LogP contribution in [0.5, 0.6) is 0 Å². The van der Waals surface area contributed by atoms with E-state index in [0.29, 0.717) is 31.5 Å². The molecule has 1 fully saturated rings. The molecule has 8 heteroatoms. The zero-order chi connectivity index (χ0) is 15.7. The van der Waals surface area contributed by atoms with Crippen LogP contribution in [0.1, 0.15) is 18.4 Å². The number of nitrogens with zero attached hydrogens (tertiary/aromatic N) is 1. The van der Waals surface area contributed by atoms with Gasteiger partial charge in [0.15, 0.2) is 9.84 Å². The summed E-state index contributed by atoms with van der Waals surface area (Å²) in [6.45, 7) is 0.850. The summed E-state index contributed by atoms with van der Waals surface area (Å²) < 4.78 is 48.8. The molecule has 1 aromatic rings. The number of piperidine rings is 1. The summed E-state index contributed by atoms with van der Waals surface area (Å²) in [6.07, 6.45) is 2.46. The van der Waals surface area contributed by atoms with Crippen molar-refractivity contribution in [3.05, 3.63) is 29.8 Å². The topological polar surface area (TPSA) is 97.5 Å². The number of rotatable bonds is 4. The molecule has 0 saturated carbocycles. The van der Waals surface area contributed by atoms with Crippen molar-refractivity contribution in [1.29, 1.82) is 0 Å². The maximum absolute atomic E-state index is 12.5. The Kier molecular flexibility index (Phi) is 4.72. The second-order valence-corrected chi connectivity index (χ2v) is 9.53. The Hall–Kier alpha value is -0.960. The summed E-state index contributed by atoms with van der Waals surface area (Å²) in [5.74, 6) is -0.0914. The molecule has 2 N–H and O–H groups in total. The van der Waals surface area contributed by atoms with Crippen LogP contribution in [-0.4, -0.2) is 46.5 Å². The summed E-state index contributed by atoms with van der Waals surface area (Å²) in [5, 5.41) is 0. The Balaban J connectivity index is 2.17. The van der Waals surface area contributed by atoms with Crippen LogP contribution in [-0.2, 0) is 25.6 Å². The number of nitrogens with two attached hydrogens (primary N) is 1. The molecule has 0 amide bonds. The smallest absolute Gasteiger partial charge is 0.243 e. The van der Waals surface area contributed by atoms with E-state index < -0.39 is 19.9 Å². The van der Waals surface area contributed by atoms with E-state index in [4.69, 9.17) is 5.73 Å². The largest absolute Gasteiger partial charge is 0.328 e. The lowest BCUT2D eigenvalue weighted by Gasteiger charge is -2.29. The van der Waals surface area contributed by atoms with Gasteiger partial charge in [0.25, 0.3) is 0 Å². The molecule has 1 heterocycles. The molecular formula is C13H20N2O4S2. The highest BCUT2D eigenvalue weighted by Gasteiger charge is 2.28. The minimum atomic E-state index is -3.52. The number of benzene rings is 1. The predicted octanol–water partition coefficient (Wildman–Crippen LogP) is 0.343. The van der Waals surface area contributed by atoms with Gasteiger partial charge < -0.3 is 5.73 Å². The highest BCUT2D eigenvalue weighted by Crippen LogP contribution is 2.21. The molecule has 6 nitrogen and oxygen atoms in total. The Labute approximate surface area is 125 Å². The lowest BCUT2D eigenvalue weighted by atomic mass is 10.1. The van der Waals surface area contributed by atoms with Crippen LogP contribution in [0.25, 0.3) is 0 Å². The SMILES string of the molecule is CS(=O)(=O)Cc1ccc(S(=O)(=O)N2CCC(N)CC2)cc1. The van der Waals surface area contributed by atoms with Crippen molar-refractivity contribution in [3.63, 3.8) is 0 Å². The normalized spacial score (nSPS) is 18.8. The van der Waals surface area contributed by atoms with Crippen molar-refractivity contribution >= 4 is 19.9 Å². The molecule has 0 radical (unpaired) electrons. The average Bonchev–Trinajstić information content (AvgIpc) is 2.38. The first-order valence-electron chi connectivity index (χ1n) is 6.71. The zero-order valence-corrected chi connectivity index (χ0v) is 13.5. The number of hydrogen-bond donors (Lipinski definition) is 1. The van der Waals surface area contributed by atoms with Gasteiger partial charge in [0.1, 0.15) is 0 Å². The molecule has 1 aliphatic rings. The zero-order valence-electron chi connectivity index (χ0n) is 11.9. The van der Waals surface area contributed by atoms with Crippen molar-refractivity contribution in [2.75, 3.05) is 19.3 Å². The van der Waals surface area contributed by atoms with E-state index in [0.717, 1.165) is 6.26 Å². The van der Waals surface area contributed by atoms with Crippen LogP contribution >= 0.6 is 0 Å². The van der Waals surface area contributed by atoms with Gasteiger partial charge in [0.2, 0.25) is 10.0 Å². The van der Waals surface area contributed by atoms with Crippen molar-refractivity contribution < 1.29 is 16.8 Å². The maximum atomic E-state index is 12.5. The first-order valence-corrected chi connectivity index (χ1v) is 10.2. The third-order valence-electron chi connectivity index (χ3n) is 3.49. The molecule has 0 aromatic heterocycles. The minimum Gasteiger partial charge on any atom is -0.328 e. The fourth-order valence-electron chi connectivity index (χ4n) is 2.33. The van der Waals surface area contributed by atoms with E-state index in [1.54, 1.807) is 12.1 Å². The second-order valence-electron chi connectivity index (χ2n) is 5.46. The second kappa shape index (κ2) is 6.04. The van der Waals surface area contributed by atoms with E-state index in [9.17, 15) is 16.8 Å². The summed E-state index contributed by atoms with van der Waals surface area (Å²) in [7, 11) is -6.64. The highest BCUT2D eigenvalue weighted by molar-refractivity contribution is 7.90. The van der Waals surface area contributed by atoms with Gasteiger partial charge in [-0.2, -0.15) is 4.31 Å². The van der Waals surface area contributed by atoms with E-state index in [1.807, 2.05) is 0 Å². The Morgan fingerprint density at radius 1 is 1.10 bits per heavy atom. The van der Waals surface area contributed by atoms with Crippen LogP contribution < -0.4 is 5.73 Å². The third-order valence-corrected chi connectivity index (χ3v) is 6.26. The summed E-state index contributed by atoms with van der Waals surface area (Å²) in [4.78, 5) is 0.190. The molecule has 0 unspecified atom stereocenters. The molecule has 118 valence electrons. The number of sulfonamides is 1. The van der Waals surface area contributed by atoms with Gasteiger partial charge in [-0.3, -0.25) is 0 Å². The van der Waals surface area contributed by atoms with Gasteiger partial charge in [-0.05, 0) is 30.5 Å². The summed E-state index contributed by atoms with van der Waals surface area (Å²) in [6, 6.07) is 6.08. The van der Waals surface area contributed by atoms with Crippen LogP contribution in [0.2, 0.25) is 0 Å². The fourth-order valence-corrected chi connectivity index (χ4v) is 4.59. The van der Waals surface area contributed by atoms with E-state index in [2.05, 4.69) is 0 Å². The molecule has 0 atom stereocenters. The van der Waals surface area contributed by atoms with E-state index >= 15 is 0 Å². The van der Waals surface area contributed by atoms with E-state index in [-0.39, 0.29) is 16.7 Å². The van der Waals surface area contributed by atoms with Gasteiger partial charge in [0.05, 0.1) is 10.6 Å². The molecule has 0 aliphatic carbocycles. The van der Waals surface area contributed by atoms with Gasteiger partial charge in [-0.15, -0.1) is 0 Å². The summed E-state index contributed by atoms with van der Waals surface area (Å²) in [5.41, 5.74) is 6.36. The molecule has 0 spiro atoms. The van der Waals surface area contributed by atoms with Crippen molar-refractivity contribution in [1.82, 2.24) is 4.31 Å². The van der Waals surface area contributed by atoms with Crippen molar-refractivity contribution in [2.45, 2.75) is 29.5 Å². The first kappa shape index (κ1) is 16.4. The number of sulfone groups is 1. The van der Waals surface area contributed by atoms with Crippen LogP contribution in [0.3, 0.4) is 0 Å². The van der Waals surface area contributed by atoms with Crippen molar-refractivity contribution in [2.24, 2.45) is 5.73 Å². The van der Waals surface area contributed by atoms with Crippen molar-refractivity contribution in [3.8, 4) is 0 Å². The van der Waals surface area contributed by atoms with Crippen LogP contribution in [0.15, 0.2) is 29.2 Å². The lowest BCUT2D eigenvalue weighted by molar-refractivity contribution is 0.320. The lowest BCUT2D eigenvalue weighted by Crippen LogP contribution is -2.42.